The second kappa shape index (κ2) is 2.78. The molecule has 0 saturated heterocycles. The molecule has 1 heterocycles. The molecule has 0 aliphatic carbocycles. The van der Waals surface area contributed by atoms with Crippen LogP contribution >= 0.6 is 11.6 Å². The van der Waals surface area contributed by atoms with Crippen LogP contribution in [0, 0.1) is 0 Å². The second-order valence-corrected chi connectivity index (χ2v) is 2.99. The van der Waals surface area contributed by atoms with Crippen LogP contribution in [0.15, 0.2) is 22.6 Å². The van der Waals surface area contributed by atoms with Gasteiger partial charge in [-0.25, -0.2) is 0 Å². The fraction of sp³-hybridized carbons (Fsp3) is 0. The number of rotatable bonds is 1. The fourth-order valence-electron chi connectivity index (χ4n) is 1.18. The van der Waals surface area contributed by atoms with Crippen molar-refractivity contribution in [1.29, 1.82) is 0 Å². The average molecular weight is 197 g/mol. The lowest BCUT2D eigenvalue weighted by Gasteiger charge is -1.94. The third-order valence-corrected chi connectivity index (χ3v) is 1.93. The van der Waals surface area contributed by atoms with E-state index in [0.29, 0.717) is 22.8 Å². The molecule has 13 heavy (non-hydrogen) atoms. The maximum absolute atomic E-state index is 10.4. The molecule has 66 valence electrons. The number of furan rings is 1. The Balaban J connectivity index is 2.82. The van der Waals surface area contributed by atoms with Gasteiger partial charge >= 0.3 is 0 Å². The van der Waals surface area contributed by atoms with Crippen LogP contribution in [0.3, 0.4) is 0 Å². The van der Waals surface area contributed by atoms with Crippen molar-refractivity contribution in [3.05, 3.63) is 29.0 Å². The number of benzene rings is 1. The maximum Gasteiger partial charge on any atom is 0.194 e. The number of aldehydes is 1. The van der Waals surface area contributed by atoms with Crippen LogP contribution in [0.4, 0.5) is 0 Å². The summed E-state index contributed by atoms with van der Waals surface area (Å²) in [5, 5.41) is 10.1. The molecule has 1 N–H and O–H groups in total. The van der Waals surface area contributed by atoms with Gasteiger partial charge in [-0.05, 0) is 23.7 Å². The summed E-state index contributed by atoms with van der Waals surface area (Å²) in [5.74, 6) is -0.00440. The minimum Gasteiger partial charge on any atom is -0.507 e. The molecule has 0 atom stereocenters. The summed E-state index contributed by atoms with van der Waals surface area (Å²) in [6.07, 6.45) is 0.635. The Bertz CT molecular complexity index is 473. The quantitative estimate of drug-likeness (QED) is 0.714. The highest BCUT2D eigenvalue weighted by molar-refractivity contribution is 6.29. The van der Waals surface area contributed by atoms with Crippen LogP contribution in [0.5, 0.6) is 5.75 Å². The molecular weight excluding hydrogens is 192 g/mol. The smallest absolute Gasteiger partial charge is 0.194 e. The molecule has 0 amide bonds. The minimum absolute atomic E-state index is 0.00440. The number of phenolic OH excluding ortho intramolecular Hbond substituents is 1. The van der Waals surface area contributed by atoms with Crippen molar-refractivity contribution in [1.82, 2.24) is 0 Å². The van der Waals surface area contributed by atoms with E-state index in [2.05, 4.69) is 0 Å². The van der Waals surface area contributed by atoms with E-state index in [9.17, 15) is 9.90 Å². The molecule has 2 aromatic rings. The number of aromatic hydroxyl groups is 1. The Morgan fingerprint density at radius 3 is 2.85 bits per heavy atom. The van der Waals surface area contributed by atoms with Gasteiger partial charge in [0.2, 0.25) is 0 Å². The van der Waals surface area contributed by atoms with Crippen LogP contribution in [0.25, 0.3) is 11.0 Å². The first-order valence-corrected chi connectivity index (χ1v) is 3.96. The molecule has 0 aliphatic rings. The predicted molar refractivity (Wildman–Crippen MR) is 48.3 cm³/mol. The topological polar surface area (TPSA) is 50.4 Å². The average Bonchev–Trinajstić information content (AvgIpc) is 2.46. The van der Waals surface area contributed by atoms with Crippen molar-refractivity contribution in [3.63, 3.8) is 0 Å². The normalized spacial score (nSPS) is 10.5. The first-order chi connectivity index (χ1) is 6.20. The Morgan fingerprint density at radius 2 is 2.15 bits per heavy atom. The number of phenols is 1. The van der Waals surface area contributed by atoms with Gasteiger partial charge in [-0.1, -0.05) is 0 Å². The summed E-state index contributed by atoms with van der Waals surface area (Å²) in [5.41, 5.74) is 0.767. The van der Waals surface area contributed by atoms with Gasteiger partial charge in [-0.3, -0.25) is 4.79 Å². The zero-order chi connectivity index (χ0) is 9.42. The third kappa shape index (κ3) is 1.27. The number of carbonyl (C=O) groups excluding carboxylic acids is 1. The van der Waals surface area contributed by atoms with Gasteiger partial charge in [-0.15, -0.1) is 0 Å². The van der Waals surface area contributed by atoms with Crippen LogP contribution in [-0.2, 0) is 0 Å². The fourth-order valence-corrected chi connectivity index (χ4v) is 1.37. The Kier molecular flexibility index (Phi) is 1.74. The first-order valence-electron chi connectivity index (χ1n) is 3.58. The van der Waals surface area contributed by atoms with Gasteiger partial charge in [-0.2, -0.15) is 0 Å². The molecule has 0 radical (unpaired) electrons. The number of hydrogen-bond donors (Lipinski definition) is 1. The van der Waals surface area contributed by atoms with E-state index in [-0.39, 0.29) is 11.0 Å². The van der Waals surface area contributed by atoms with E-state index in [4.69, 9.17) is 16.0 Å². The second-order valence-electron chi connectivity index (χ2n) is 2.62. The van der Waals surface area contributed by atoms with Crippen LogP contribution in [-0.4, -0.2) is 11.4 Å². The Hall–Kier alpha value is -1.48. The summed E-state index contributed by atoms with van der Waals surface area (Å²) in [4.78, 5) is 10.4. The molecule has 2 rings (SSSR count). The van der Waals surface area contributed by atoms with Gasteiger partial charge in [0.05, 0.1) is 5.39 Å². The van der Waals surface area contributed by atoms with E-state index in [1.165, 1.54) is 18.2 Å². The zero-order valence-electron chi connectivity index (χ0n) is 6.45. The minimum atomic E-state index is -0.00440. The van der Waals surface area contributed by atoms with Gasteiger partial charge in [0.15, 0.2) is 5.22 Å². The molecular formula is C9H5ClO3. The molecule has 1 aromatic heterocycles. The SMILES string of the molecule is O=Cc1cc(O)c2cc(Cl)oc2c1. The molecule has 0 fully saturated rings. The van der Waals surface area contributed by atoms with Crippen LogP contribution in [0.1, 0.15) is 10.4 Å². The largest absolute Gasteiger partial charge is 0.507 e. The molecule has 4 heteroatoms. The standard InChI is InChI=1S/C9H5ClO3/c10-9-3-6-7(12)1-5(4-11)2-8(6)13-9/h1-4,12H. The molecule has 0 bridgehead atoms. The van der Waals surface area contributed by atoms with Crippen molar-refractivity contribution in [2.45, 2.75) is 0 Å². The number of carbonyl (C=O) groups is 1. The molecule has 0 unspecified atom stereocenters. The third-order valence-electron chi connectivity index (χ3n) is 1.74. The highest BCUT2D eigenvalue weighted by Gasteiger charge is 2.07. The zero-order valence-corrected chi connectivity index (χ0v) is 7.21. The van der Waals surface area contributed by atoms with Crippen molar-refractivity contribution in [2.75, 3.05) is 0 Å². The van der Waals surface area contributed by atoms with Gasteiger partial charge in [0, 0.05) is 11.6 Å². The lowest BCUT2D eigenvalue weighted by molar-refractivity contribution is 0.112. The monoisotopic (exact) mass is 196 g/mol. The molecule has 0 aliphatic heterocycles. The van der Waals surface area contributed by atoms with Gasteiger partial charge < -0.3 is 9.52 Å². The van der Waals surface area contributed by atoms with Crippen LogP contribution in [0.2, 0.25) is 5.22 Å². The highest BCUT2D eigenvalue weighted by atomic mass is 35.5. The number of halogens is 1. The Labute approximate surface area is 78.5 Å². The summed E-state index contributed by atoms with van der Waals surface area (Å²) in [6.45, 7) is 0. The highest BCUT2D eigenvalue weighted by Crippen LogP contribution is 2.30. The molecule has 0 saturated carbocycles. The molecule has 1 aromatic carbocycles. The van der Waals surface area contributed by atoms with E-state index in [0.717, 1.165) is 0 Å². The first kappa shape index (κ1) is 8.13. The van der Waals surface area contributed by atoms with E-state index in [1.54, 1.807) is 0 Å². The van der Waals surface area contributed by atoms with Crippen molar-refractivity contribution in [2.24, 2.45) is 0 Å². The lowest BCUT2D eigenvalue weighted by Crippen LogP contribution is -1.78. The van der Waals surface area contributed by atoms with Crippen molar-refractivity contribution >= 4 is 28.9 Å². The Morgan fingerprint density at radius 1 is 1.38 bits per heavy atom. The maximum atomic E-state index is 10.4. The van der Waals surface area contributed by atoms with Crippen LogP contribution < -0.4 is 0 Å². The predicted octanol–water partition coefficient (Wildman–Crippen LogP) is 2.60. The molecule has 3 nitrogen and oxygen atoms in total. The van der Waals surface area contributed by atoms with E-state index in [1.807, 2.05) is 0 Å². The summed E-state index contributed by atoms with van der Waals surface area (Å²) >= 11 is 5.58. The van der Waals surface area contributed by atoms with Crippen molar-refractivity contribution in [3.8, 4) is 5.75 Å². The van der Waals surface area contributed by atoms with E-state index < -0.39 is 0 Å². The summed E-state index contributed by atoms with van der Waals surface area (Å²) in [7, 11) is 0. The van der Waals surface area contributed by atoms with Crippen molar-refractivity contribution < 1.29 is 14.3 Å². The van der Waals surface area contributed by atoms with Gasteiger partial charge in [0.25, 0.3) is 0 Å². The van der Waals surface area contributed by atoms with Gasteiger partial charge in [0.1, 0.15) is 17.6 Å². The number of fused-ring (bicyclic) bond motifs is 1. The number of hydrogen-bond acceptors (Lipinski definition) is 3. The lowest BCUT2D eigenvalue weighted by atomic mass is 10.2. The van der Waals surface area contributed by atoms with E-state index >= 15 is 0 Å². The summed E-state index contributed by atoms with van der Waals surface area (Å²) in [6, 6.07) is 4.38. The molecule has 0 spiro atoms. The summed E-state index contributed by atoms with van der Waals surface area (Å²) < 4.78 is 5.04.